The van der Waals surface area contributed by atoms with Crippen LogP contribution in [0.3, 0.4) is 0 Å². The third kappa shape index (κ3) is 3.14. The molecule has 102 valence electrons. The molecular weight excluding hydrogens is 258 g/mol. The van der Waals surface area contributed by atoms with E-state index in [4.69, 9.17) is 5.73 Å². The zero-order chi connectivity index (χ0) is 14.0. The van der Waals surface area contributed by atoms with Crippen molar-refractivity contribution in [3.05, 3.63) is 48.0 Å². The van der Waals surface area contributed by atoms with Gasteiger partial charge in [-0.05, 0) is 36.2 Å². The van der Waals surface area contributed by atoms with Crippen molar-refractivity contribution in [2.24, 2.45) is 5.73 Å². The van der Waals surface area contributed by atoms with E-state index in [1.54, 1.807) is 13.8 Å². The van der Waals surface area contributed by atoms with Crippen molar-refractivity contribution < 1.29 is 8.42 Å². The second-order valence-corrected chi connectivity index (χ2v) is 7.69. The predicted octanol–water partition coefficient (Wildman–Crippen LogP) is 2.66. The van der Waals surface area contributed by atoms with Crippen molar-refractivity contribution >= 4 is 20.6 Å². The number of hydrogen-bond acceptors (Lipinski definition) is 3. The SMILES string of the molecule is CC(C)S(=O)(=O)CC(N)c1ccc2ccccc2c1. The van der Waals surface area contributed by atoms with Crippen LogP contribution in [-0.4, -0.2) is 19.4 Å². The highest BCUT2D eigenvalue weighted by Crippen LogP contribution is 2.21. The first-order valence-corrected chi connectivity index (χ1v) is 8.07. The standard InChI is InChI=1S/C15H19NO2S/c1-11(2)19(17,18)10-15(16)14-8-7-12-5-3-4-6-13(12)9-14/h3-9,11,15H,10,16H2,1-2H3. The molecule has 0 radical (unpaired) electrons. The minimum absolute atomic E-state index is 0.0109. The van der Waals surface area contributed by atoms with Gasteiger partial charge in [0.15, 0.2) is 9.84 Å². The van der Waals surface area contributed by atoms with Gasteiger partial charge in [-0.1, -0.05) is 36.4 Å². The fraction of sp³-hybridized carbons (Fsp3) is 0.333. The Labute approximate surface area is 114 Å². The molecule has 0 aliphatic rings. The molecule has 2 aromatic carbocycles. The zero-order valence-electron chi connectivity index (χ0n) is 11.2. The van der Waals surface area contributed by atoms with Crippen LogP contribution < -0.4 is 5.73 Å². The van der Waals surface area contributed by atoms with Crippen molar-refractivity contribution in [2.75, 3.05) is 5.75 Å². The van der Waals surface area contributed by atoms with Crippen molar-refractivity contribution in [2.45, 2.75) is 25.1 Å². The maximum Gasteiger partial charge on any atom is 0.154 e. The molecule has 0 aromatic heterocycles. The summed E-state index contributed by atoms with van der Waals surface area (Å²) in [5.41, 5.74) is 6.89. The summed E-state index contributed by atoms with van der Waals surface area (Å²) in [6, 6.07) is 13.3. The third-order valence-electron chi connectivity index (χ3n) is 3.33. The Morgan fingerprint density at radius 2 is 1.68 bits per heavy atom. The molecule has 0 heterocycles. The van der Waals surface area contributed by atoms with E-state index >= 15 is 0 Å². The summed E-state index contributed by atoms with van der Waals surface area (Å²) < 4.78 is 23.8. The fourth-order valence-electron chi connectivity index (χ4n) is 1.98. The molecule has 3 nitrogen and oxygen atoms in total. The summed E-state index contributed by atoms with van der Waals surface area (Å²) in [6.45, 7) is 3.37. The van der Waals surface area contributed by atoms with Crippen LogP contribution in [0.5, 0.6) is 0 Å². The molecule has 0 spiro atoms. The van der Waals surface area contributed by atoms with Gasteiger partial charge in [0.25, 0.3) is 0 Å². The highest BCUT2D eigenvalue weighted by Gasteiger charge is 2.21. The summed E-state index contributed by atoms with van der Waals surface area (Å²) in [5.74, 6) is -0.0109. The Morgan fingerprint density at radius 1 is 1.05 bits per heavy atom. The molecule has 19 heavy (non-hydrogen) atoms. The van der Waals surface area contributed by atoms with Gasteiger partial charge in [-0.2, -0.15) is 0 Å². The predicted molar refractivity (Wildman–Crippen MR) is 79.8 cm³/mol. The lowest BCUT2D eigenvalue weighted by atomic mass is 10.0. The molecule has 0 saturated heterocycles. The van der Waals surface area contributed by atoms with Gasteiger partial charge in [0.1, 0.15) is 0 Å². The number of nitrogens with two attached hydrogens (primary N) is 1. The molecule has 4 heteroatoms. The highest BCUT2D eigenvalue weighted by atomic mass is 32.2. The molecular formula is C15H19NO2S. The lowest BCUT2D eigenvalue weighted by Crippen LogP contribution is -2.26. The Bertz CT molecular complexity index is 677. The first-order chi connectivity index (χ1) is 8.90. The van der Waals surface area contributed by atoms with Crippen molar-refractivity contribution in [3.8, 4) is 0 Å². The summed E-state index contributed by atoms with van der Waals surface area (Å²) >= 11 is 0. The van der Waals surface area contributed by atoms with Gasteiger partial charge in [-0.15, -0.1) is 0 Å². The Hall–Kier alpha value is -1.39. The molecule has 0 bridgehead atoms. The van der Waals surface area contributed by atoms with E-state index in [1.165, 1.54) is 0 Å². The summed E-state index contributed by atoms with van der Waals surface area (Å²) in [4.78, 5) is 0. The van der Waals surface area contributed by atoms with E-state index in [0.29, 0.717) is 0 Å². The fourth-order valence-corrected chi connectivity index (χ4v) is 3.06. The van der Waals surface area contributed by atoms with Gasteiger partial charge >= 0.3 is 0 Å². The van der Waals surface area contributed by atoms with Crippen LogP contribution in [0.2, 0.25) is 0 Å². The molecule has 2 N–H and O–H groups in total. The summed E-state index contributed by atoms with van der Waals surface area (Å²) in [5, 5.41) is 1.82. The lowest BCUT2D eigenvalue weighted by Gasteiger charge is -2.15. The summed E-state index contributed by atoms with van der Waals surface area (Å²) in [7, 11) is -3.12. The average Bonchev–Trinajstić information content (AvgIpc) is 2.37. The van der Waals surface area contributed by atoms with E-state index in [-0.39, 0.29) is 11.0 Å². The second kappa shape index (κ2) is 5.31. The van der Waals surface area contributed by atoms with Crippen LogP contribution in [0.1, 0.15) is 25.5 Å². The molecule has 1 unspecified atom stereocenters. The van der Waals surface area contributed by atoms with Crippen LogP contribution in [0.25, 0.3) is 10.8 Å². The van der Waals surface area contributed by atoms with E-state index in [1.807, 2.05) is 42.5 Å². The van der Waals surface area contributed by atoms with Crippen molar-refractivity contribution in [3.63, 3.8) is 0 Å². The Kier molecular flexibility index (Phi) is 3.92. The molecule has 0 saturated carbocycles. The normalized spacial score (nSPS) is 13.9. The van der Waals surface area contributed by atoms with Gasteiger partial charge in [-0.3, -0.25) is 0 Å². The van der Waals surface area contributed by atoms with Crippen LogP contribution >= 0.6 is 0 Å². The second-order valence-electron chi connectivity index (χ2n) is 5.09. The lowest BCUT2D eigenvalue weighted by molar-refractivity contribution is 0.580. The first-order valence-electron chi connectivity index (χ1n) is 6.36. The topological polar surface area (TPSA) is 60.2 Å². The minimum Gasteiger partial charge on any atom is -0.323 e. The summed E-state index contributed by atoms with van der Waals surface area (Å²) in [6.07, 6.45) is 0. The van der Waals surface area contributed by atoms with Gasteiger partial charge in [0.05, 0.1) is 11.0 Å². The quantitative estimate of drug-likeness (QED) is 0.934. The van der Waals surface area contributed by atoms with Gasteiger partial charge in [-0.25, -0.2) is 8.42 Å². The minimum atomic E-state index is -3.12. The van der Waals surface area contributed by atoms with E-state index in [9.17, 15) is 8.42 Å². The van der Waals surface area contributed by atoms with Crippen LogP contribution in [0, 0.1) is 0 Å². The van der Waals surface area contributed by atoms with Gasteiger partial charge in [0.2, 0.25) is 0 Å². The number of sulfone groups is 1. The zero-order valence-corrected chi connectivity index (χ0v) is 12.0. The molecule has 0 aliphatic heterocycles. The first kappa shape index (κ1) is 14.0. The van der Waals surface area contributed by atoms with E-state index < -0.39 is 15.9 Å². The van der Waals surface area contributed by atoms with Crippen LogP contribution in [0.4, 0.5) is 0 Å². The molecule has 0 aliphatic carbocycles. The van der Waals surface area contributed by atoms with Crippen molar-refractivity contribution in [1.82, 2.24) is 0 Å². The largest absolute Gasteiger partial charge is 0.323 e. The maximum atomic E-state index is 11.9. The van der Waals surface area contributed by atoms with Crippen molar-refractivity contribution in [1.29, 1.82) is 0 Å². The molecule has 2 rings (SSSR count). The maximum absolute atomic E-state index is 11.9. The molecule has 1 atom stereocenters. The molecule has 0 fully saturated rings. The van der Waals surface area contributed by atoms with Crippen LogP contribution in [-0.2, 0) is 9.84 Å². The monoisotopic (exact) mass is 277 g/mol. The average molecular weight is 277 g/mol. The number of hydrogen-bond donors (Lipinski definition) is 1. The molecule has 2 aromatic rings. The van der Waals surface area contributed by atoms with E-state index in [2.05, 4.69) is 0 Å². The molecule has 0 amide bonds. The number of fused-ring (bicyclic) bond motifs is 1. The number of benzene rings is 2. The third-order valence-corrected chi connectivity index (χ3v) is 5.59. The van der Waals surface area contributed by atoms with E-state index in [0.717, 1.165) is 16.3 Å². The Morgan fingerprint density at radius 3 is 2.32 bits per heavy atom. The smallest absolute Gasteiger partial charge is 0.154 e. The highest BCUT2D eigenvalue weighted by molar-refractivity contribution is 7.92. The van der Waals surface area contributed by atoms with Gasteiger partial charge < -0.3 is 5.73 Å². The van der Waals surface area contributed by atoms with Crippen LogP contribution in [0.15, 0.2) is 42.5 Å². The number of rotatable bonds is 4. The Balaban J connectivity index is 2.29. The van der Waals surface area contributed by atoms with Gasteiger partial charge in [0, 0.05) is 6.04 Å².